The quantitative estimate of drug-likeness (QED) is 0.160. The van der Waals surface area contributed by atoms with Crippen LogP contribution in [0.2, 0.25) is 0 Å². The van der Waals surface area contributed by atoms with Crippen LogP contribution in [0, 0.1) is 0 Å². The maximum Gasteiger partial charge on any atom is 0.161 e. The summed E-state index contributed by atoms with van der Waals surface area (Å²) >= 11 is 0. The van der Waals surface area contributed by atoms with Gasteiger partial charge in [0.05, 0.1) is 27.9 Å². The zero-order valence-corrected chi connectivity index (χ0v) is 38.7. The molecule has 0 atom stereocenters. The van der Waals surface area contributed by atoms with Gasteiger partial charge in [-0.1, -0.05) is 218 Å². The molecule has 14 rings (SSSR count). The van der Waals surface area contributed by atoms with Crippen molar-refractivity contribution in [1.82, 2.24) is 14.5 Å². The van der Waals surface area contributed by atoms with E-state index >= 15 is 0 Å². The number of hydrogen-bond acceptors (Lipinski definition) is 2. The highest BCUT2D eigenvalue weighted by molar-refractivity contribution is 6.30. The molecule has 0 amide bonds. The molecule has 3 nitrogen and oxygen atoms in total. The Hall–Kier alpha value is -9.44. The molecule has 0 radical (unpaired) electrons. The summed E-state index contributed by atoms with van der Waals surface area (Å²) in [5, 5.41) is 10.7. The Bertz CT molecular complexity index is 4310. The Labute approximate surface area is 411 Å². The molecule has 330 valence electrons. The van der Waals surface area contributed by atoms with Gasteiger partial charge in [-0.15, -0.1) is 0 Å². The van der Waals surface area contributed by atoms with Crippen molar-refractivity contribution >= 4 is 65.0 Å². The van der Waals surface area contributed by atoms with Gasteiger partial charge in [0.1, 0.15) is 0 Å². The van der Waals surface area contributed by atoms with Crippen molar-refractivity contribution in [3.05, 3.63) is 261 Å². The van der Waals surface area contributed by atoms with Gasteiger partial charge in [-0.25, -0.2) is 9.97 Å². The van der Waals surface area contributed by atoms with Crippen LogP contribution in [0.4, 0.5) is 0 Å². The van der Waals surface area contributed by atoms with Gasteiger partial charge in [0, 0.05) is 32.7 Å². The zero-order valence-electron chi connectivity index (χ0n) is 38.7. The molecule has 0 aliphatic rings. The summed E-state index contributed by atoms with van der Waals surface area (Å²) in [5.74, 6) is 0.696. The third-order valence-electron chi connectivity index (χ3n) is 14.4. The molecule has 3 heteroatoms. The first kappa shape index (κ1) is 40.6. The SMILES string of the molecule is c1ccc(-c2cc(-c3ccccc3)cc(-c3ccc(-c4nc(-c5cccc6c(-n7c8ccc9ccccc9c8c8c9cccc(-c%10ccccc%10)c9ccc87)cccc56)nc5ccccc45)cc3)c2)cc1. The van der Waals surface area contributed by atoms with Crippen molar-refractivity contribution in [2.45, 2.75) is 0 Å². The predicted molar refractivity (Wildman–Crippen MR) is 299 cm³/mol. The molecule has 71 heavy (non-hydrogen) atoms. The normalized spacial score (nSPS) is 11.7. The Morgan fingerprint density at radius 1 is 0.268 bits per heavy atom. The molecule has 0 fully saturated rings. The number of rotatable bonds is 7. The predicted octanol–water partition coefficient (Wildman–Crippen LogP) is 18.2. The molecule has 12 aromatic carbocycles. The summed E-state index contributed by atoms with van der Waals surface area (Å²) in [5.41, 5.74) is 16.8. The van der Waals surface area contributed by atoms with Crippen molar-refractivity contribution in [1.29, 1.82) is 0 Å². The van der Waals surface area contributed by atoms with E-state index in [-0.39, 0.29) is 0 Å². The molecule has 0 saturated carbocycles. The Morgan fingerprint density at radius 2 is 0.761 bits per heavy atom. The van der Waals surface area contributed by atoms with Crippen LogP contribution in [0.5, 0.6) is 0 Å². The number of aromatic nitrogens is 3. The van der Waals surface area contributed by atoms with Crippen molar-refractivity contribution in [3.8, 4) is 72.8 Å². The van der Waals surface area contributed by atoms with E-state index in [0.29, 0.717) is 5.82 Å². The Morgan fingerprint density at radius 3 is 1.46 bits per heavy atom. The van der Waals surface area contributed by atoms with Gasteiger partial charge in [-0.3, -0.25) is 0 Å². The molecular formula is C68H43N3. The van der Waals surface area contributed by atoms with Gasteiger partial charge in [-0.05, 0) is 114 Å². The molecular weight excluding hydrogens is 859 g/mol. The second-order valence-electron chi connectivity index (χ2n) is 18.4. The summed E-state index contributed by atoms with van der Waals surface area (Å²) in [6.07, 6.45) is 0. The van der Waals surface area contributed by atoms with Crippen LogP contribution < -0.4 is 0 Å². The molecule has 14 aromatic rings. The van der Waals surface area contributed by atoms with Crippen LogP contribution in [0.3, 0.4) is 0 Å². The molecule has 0 aliphatic carbocycles. The van der Waals surface area contributed by atoms with E-state index in [2.05, 4.69) is 265 Å². The van der Waals surface area contributed by atoms with E-state index in [4.69, 9.17) is 9.97 Å². The molecule has 0 bridgehead atoms. The maximum atomic E-state index is 5.48. The van der Waals surface area contributed by atoms with Gasteiger partial charge in [0.2, 0.25) is 0 Å². The lowest BCUT2D eigenvalue weighted by atomic mass is 9.93. The lowest BCUT2D eigenvalue weighted by Crippen LogP contribution is -1.98. The van der Waals surface area contributed by atoms with Crippen molar-refractivity contribution in [3.63, 3.8) is 0 Å². The first-order chi connectivity index (χ1) is 35.2. The van der Waals surface area contributed by atoms with Crippen molar-refractivity contribution in [2.24, 2.45) is 0 Å². The van der Waals surface area contributed by atoms with Gasteiger partial charge >= 0.3 is 0 Å². The average Bonchev–Trinajstić information content (AvgIpc) is 3.80. The number of nitrogens with zero attached hydrogens (tertiary/aromatic N) is 3. The Balaban J connectivity index is 0.923. The second kappa shape index (κ2) is 16.7. The van der Waals surface area contributed by atoms with Crippen molar-refractivity contribution in [2.75, 3.05) is 0 Å². The van der Waals surface area contributed by atoms with Crippen LogP contribution >= 0.6 is 0 Å². The zero-order chi connectivity index (χ0) is 46.8. The third kappa shape index (κ3) is 6.82. The maximum absolute atomic E-state index is 5.48. The van der Waals surface area contributed by atoms with Gasteiger partial charge in [0.25, 0.3) is 0 Å². The van der Waals surface area contributed by atoms with E-state index in [1.165, 1.54) is 76.7 Å². The lowest BCUT2D eigenvalue weighted by Gasteiger charge is -2.15. The summed E-state index contributed by atoms with van der Waals surface area (Å²) in [6, 6.07) is 94.2. The largest absolute Gasteiger partial charge is 0.309 e. The molecule has 0 unspecified atom stereocenters. The van der Waals surface area contributed by atoms with Crippen LogP contribution in [0.25, 0.3) is 138 Å². The minimum atomic E-state index is 0.696. The highest BCUT2D eigenvalue weighted by Gasteiger charge is 2.21. The van der Waals surface area contributed by atoms with Gasteiger partial charge in [0.15, 0.2) is 5.82 Å². The number of hydrogen-bond donors (Lipinski definition) is 0. The van der Waals surface area contributed by atoms with E-state index in [1.54, 1.807) is 0 Å². The summed E-state index contributed by atoms with van der Waals surface area (Å²) in [7, 11) is 0. The molecule has 2 aromatic heterocycles. The fraction of sp³-hybridized carbons (Fsp3) is 0. The molecule has 0 N–H and O–H groups in total. The fourth-order valence-electron chi connectivity index (χ4n) is 11.1. The average molecular weight is 902 g/mol. The Kier molecular flexibility index (Phi) is 9.53. The minimum Gasteiger partial charge on any atom is -0.309 e. The smallest absolute Gasteiger partial charge is 0.161 e. The van der Waals surface area contributed by atoms with E-state index in [1.807, 2.05) is 0 Å². The second-order valence-corrected chi connectivity index (χ2v) is 18.4. The van der Waals surface area contributed by atoms with Crippen LogP contribution in [0.15, 0.2) is 261 Å². The van der Waals surface area contributed by atoms with Crippen LogP contribution in [0.1, 0.15) is 0 Å². The molecule has 0 saturated heterocycles. The van der Waals surface area contributed by atoms with E-state index in [9.17, 15) is 0 Å². The standard InChI is InChI=1S/C68H43N3/c1-4-17-44(18-5-1)50-41-51(45-19-6-2-7-20-45)43-52(42-50)46-33-35-49(36-34-46)67-60-25-12-13-31-61(60)69-68(70-67)59-30-15-28-57-55(59)27-16-32-62(57)71-63-39-37-48-23-10-11-24-54(48)65(63)66-58-29-14-26-53(47-21-8-3-9-22-47)56(58)38-40-64(66)71/h1-43H. The third-order valence-corrected chi connectivity index (χ3v) is 14.4. The molecule has 0 spiro atoms. The van der Waals surface area contributed by atoms with Crippen molar-refractivity contribution < 1.29 is 0 Å². The topological polar surface area (TPSA) is 30.7 Å². The minimum absolute atomic E-state index is 0.696. The summed E-state index contributed by atoms with van der Waals surface area (Å²) < 4.78 is 2.48. The number of benzene rings is 12. The summed E-state index contributed by atoms with van der Waals surface area (Å²) in [4.78, 5) is 10.8. The monoisotopic (exact) mass is 901 g/mol. The fourth-order valence-corrected chi connectivity index (χ4v) is 11.1. The molecule has 2 heterocycles. The highest BCUT2D eigenvalue weighted by Crippen LogP contribution is 2.44. The van der Waals surface area contributed by atoms with E-state index in [0.717, 1.165) is 55.3 Å². The van der Waals surface area contributed by atoms with Crippen LogP contribution in [-0.2, 0) is 0 Å². The molecule has 0 aliphatic heterocycles. The number of fused-ring (bicyclic) bond motifs is 9. The van der Waals surface area contributed by atoms with Crippen LogP contribution in [-0.4, -0.2) is 14.5 Å². The van der Waals surface area contributed by atoms with E-state index < -0.39 is 0 Å². The summed E-state index contributed by atoms with van der Waals surface area (Å²) in [6.45, 7) is 0. The van der Waals surface area contributed by atoms with Gasteiger partial charge in [-0.2, -0.15) is 0 Å². The highest BCUT2D eigenvalue weighted by atomic mass is 15.0. The lowest BCUT2D eigenvalue weighted by molar-refractivity contribution is 1.20. The van der Waals surface area contributed by atoms with Gasteiger partial charge < -0.3 is 4.57 Å². The first-order valence-corrected chi connectivity index (χ1v) is 24.3. The number of para-hydroxylation sites is 1. The first-order valence-electron chi connectivity index (χ1n) is 24.3.